The summed E-state index contributed by atoms with van der Waals surface area (Å²) in [6.07, 6.45) is 0.726. The number of carbonyl (C=O) groups is 4. The van der Waals surface area contributed by atoms with Crippen LogP contribution in [0.5, 0.6) is 5.75 Å². The highest BCUT2D eigenvalue weighted by Crippen LogP contribution is 2.20. The first-order chi connectivity index (χ1) is 20.6. The van der Waals surface area contributed by atoms with Crippen molar-refractivity contribution >= 4 is 40.6 Å². The summed E-state index contributed by atoms with van der Waals surface area (Å²) in [5, 5.41) is 15.0. The van der Waals surface area contributed by atoms with Crippen LogP contribution in [0, 0.1) is 0 Å². The fraction of sp³-hybridized carbons (Fsp3) is 0.312. The fourth-order valence-electron chi connectivity index (χ4n) is 5.22. The highest BCUT2D eigenvalue weighted by atomic mass is 79.9. The van der Waals surface area contributed by atoms with Gasteiger partial charge in [0, 0.05) is 25.4 Å². The second-order valence-corrected chi connectivity index (χ2v) is 10.9. The number of carbonyl (C=O) groups excluding carboxylic acids is 4. The average Bonchev–Trinajstić information content (AvgIpc) is 3.39. The van der Waals surface area contributed by atoms with Crippen molar-refractivity contribution in [3.05, 3.63) is 102 Å². The molecule has 0 unspecified atom stereocenters. The molecule has 1 aliphatic rings. The molecule has 1 fully saturated rings. The van der Waals surface area contributed by atoms with Crippen LogP contribution in [0.4, 0.5) is 0 Å². The summed E-state index contributed by atoms with van der Waals surface area (Å²) in [5.74, 6) is -2.18. The quantitative estimate of drug-likeness (QED) is 0.164. The van der Waals surface area contributed by atoms with E-state index in [0.717, 1.165) is 16.7 Å². The molecule has 11 nitrogen and oxygen atoms in total. The number of nitrogens with zero attached hydrogens (tertiary/aromatic N) is 1. The van der Waals surface area contributed by atoms with E-state index in [1.165, 1.54) is 17.0 Å². The van der Waals surface area contributed by atoms with Gasteiger partial charge in [0.05, 0.1) is 6.04 Å². The molecule has 1 saturated heterocycles. The number of hydrogen-bond acceptors (Lipinski definition) is 7. The summed E-state index contributed by atoms with van der Waals surface area (Å²) in [6, 6.07) is 20.2. The molecule has 0 aliphatic carbocycles. The van der Waals surface area contributed by atoms with Crippen LogP contribution in [-0.4, -0.2) is 70.4 Å². The third kappa shape index (κ3) is 9.37. The Labute approximate surface area is 266 Å². The first-order valence-corrected chi connectivity index (χ1v) is 14.2. The number of hydrogen-bond donors (Lipinski definition) is 6. The lowest BCUT2D eigenvalue weighted by atomic mass is 10.0. The predicted octanol–water partition coefficient (Wildman–Crippen LogP) is 0.708. The van der Waals surface area contributed by atoms with Gasteiger partial charge in [0.15, 0.2) is 0 Å². The Morgan fingerprint density at radius 2 is 1.32 bits per heavy atom. The zero-order valence-corrected chi connectivity index (χ0v) is 25.9. The maximum atomic E-state index is 13.6. The van der Waals surface area contributed by atoms with E-state index in [4.69, 9.17) is 17.2 Å². The lowest BCUT2D eigenvalue weighted by Crippen LogP contribution is -2.58. The van der Waals surface area contributed by atoms with Gasteiger partial charge in [0.25, 0.3) is 0 Å². The minimum Gasteiger partial charge on any atom is -0.508 e. The van der Waals surface area contributed by atoms with E-state index in [9.17, 15) is 24.3 Å². The number of benzene rings is 3. The van der Waals surface area contributed by atoms with Crippen molar-refractivity contribution in [2.45, 2.75) is 55.9 Å². The summed E-state index contributed by atoms with van der Waals surface area (Å²) >= 11 is 0. The van der Waals surface area contributed by atoms with Gasteiger partial charge >= 0.3 is 0 Å². The topological polar surface area (TPSA) is 194 Å². The van der Waals surface area contributed by atoms with E-state index >= 15 is 0 Å². The van der Waals surface area contributed by atoms with Crippen LogP contribution in [0.25, 0.3) is 0 Å². The van der Waals surface area contributed by atoms with E-state index in [0.29, 0.717) is 0 Å². The molecule has 12 heteroatoms. The fourth-order valence-corrected chi connectivity index (χ4v) is 5.22. The second kappa shape index (κ2) is 16.0. The molecule has 5 atom stereocenters. The third-order valence-electron chi connectivity index (χ3n) is 7.49. The summed E-state index contributed by atoms with van der Waals surface area (Å²) < 4.78 is 0. The average molecular weight is 668 g/mol. The third-order valence-corrected chi connectivity index (χ3v) is 7.49. The molecule has 1 heterocycles. The number of amides is 4. The molecule has 0 aromatic heterocycles. The Morgan fingerprint density at radius 1 is 0.795 bits per heavy atom. The molecular weight excluding hydrogens is 628 g/mol. The van der Waals surface area contributed by atoms with Gasteiger partial charge in [-0.05, 0) is 41.7 Å². The van der Waals surface area contributed by atoms with Gasteiger partial charge < -0.3 is 37.8 Å². The van der Waals surface area contributed by atoms with E-state index in [-0.39, 0.29) is 55.0 Å². The molecule has 0 spiro atoms. The summed E-state index contributed by atoms with van der Waals surface area (Å²) in [4.78, 5) is 54.2. The predicted molar refractivity (Wildman–Crippen MR) is 172 cm³/mol. The van der Waals surface area contributed by atoms with Crippen LogP contribution in [0.3, 0.4) is 0 Å². The lowest BCUT2D eigenvalue weighted by molar-refractivity contribution is -0.140. The van der Waals surface area contributed by atoms with E-state index in [2.05, 4.69) is 10.6 Å². The van der Waals surface area contributed by atoms with E-state index in [1.807, 2.05) is 60.7 Å². The maximum Gasteiger partial charge on any atom is 0.243 e. The van der Waals surface area contributed by atoms with Crippen molar-refractivity contribution in [1.29, 1.82) is 0 Å². The number of nitrogens with two attached hydrogens (primary N) is 3. The van der Waals surface area contributed by atoms with Crippen molar-refractivity contribution in [2.75, 3.05) is 6.54 Å². The van der Waals surface area contributed by atoms with Gasteiger partial charge in [-0.2, -0.15) is 0 Å². The molecule has 3 aromatic rings. The van der Waals surface area contributed by atoms with Gasteiger partial charge in [0.2, 0.25) is 23.6 Å². The highest BCUT2D eigenvalue weighted by Gasteiger charge is 2.41. The molecule has 4 amide bonds. The first-order valence-electron chi connectivity index (χ1n) is 14.2. The standard InChI is InChI=1S/C32H38N6O5.BrH/c33-23-18-28(38(19-23)32(43)25(34)15-22-11-13-24(39)14-12-22)31(42)37-27(17-21-9-5-2-6-10-21)30(41)36-26(29(35)40)16-20-7-3-1-4-8-20;/h1-14,23,25-28,39H,15-19,33-34H2,(H2,35,40)(H,36,41)(H,37,42);1H/t23-,25-,26-,27+,28-;/m0./s1. The van der Waals surface area contributed by atoms with Crippen LogP contribution < -0.4 is 27.8 Å². The molecule has 234 valence electrons. The van der Waals surface area contributed by atoms with Crippen LogP contribution in [0.1, 0.15) is 23.1 Å². The van der Waals surface area contributed by atoms with E-state index < -0.39 is 53.8 Å². The van der Waals surface area contributed by atoms with Crippen molar-refractivity contribution in [1.82, 2.24) is 15.5 Å². The van der Waals surface area contributed by atoms with Crippen molar-refractivity contribution in [3.8, 4) is 5.75 Å². The maximum absolute atomic E-state index is 13.6. The zero-order chi connectivity index (χ0) is 30.9. The van der Waals surface area contributed by atoms with Gasteiger partial charge in [-0.1, -0.05) is 72.8 Å². The molecule has 1 aliphatic heterocycles. The smallest absolute Gasteiger partial charge is 0.243 e. The summed E-state index contributed by atoms with van der Waals surface area (Å²) in [5.41, 5.74) is 20.4. The summed E-state index contributed by atoms with van der Waals surface area (Å²) in [6.45, 7) is 0.135. The van der Waals surface area contributed by atoms with Crippen molar-refractivity contribution in [2.24, 2.45) is 17.2 Å². The molecule has 0 radical (unpaired) electrons. The lowest BCUT2D eigenvalue weighted by Gasteiger charge is -2.29. The van der Waals surface area contributed by atoms with Crippen molar-refractivity contribution < 1.29 is 24.3 Å². The van der Waals surface area contributed by atoms with Gasteiger partial charge in [-0.25, -0.2) is 0 Å². The van der Waals surface area contributed by atoms with Crippen LogP contribution >= 0.6 is 17.0 Å². The zero-order valence-electron chi connectivity index (χ0n) is 24.2. The van der Waals surface area contributed by atoms with E-state index in [1.54, 1.807) is 12.1 Å². The number of nitrogens with one attached hydrogen (secondary N) is 2. The monoisotopic (exact) mass is 666 g/mol. The molecule has 4 rings (SSSR count). The van der Waals surface area contributed by atoms with Gasteiger partial charge in [0.1, 0.15) is 23.9 Å². The second-order valence-electron chi connectivity index (χ2n) is 10.9. The van der Waals surface area contributed by atoms with Gasteiger partial charge in [-0.3, -0.25) is 19.2 Å². The molecule has 9 N–H and O–H groups in total. The Morgan fingerprint density at radius 3 is 1.86 bits per heavy atom. The van der Waals surface area contributed by atoms with Crippen LogP contribution in [-0.2, 0) is 38.4 Å². The van der Waals surface area contributed by atoms with Crippen molar-refractivity contribution in [3.63, 3.8) is 0 Å². The number of primary amides is 1. The number of halogens is 1. The molecule has 44 heavy (non-hydrogen) atoms. The minimum absolute atomic E-state index is 0. The Balaban J connectivity index is 0.00000529. The largest absolute Gasteiger partial charge is 0.508 e. The molecule has 0 bridgehead atoms. The number of rotatable bonds is 12. The minimum atomic E-state index is -1.06. The summed E-state index contributed by atoms with van der Waals surface area (Å²) in [7, 11) is 0. The number of phenolic OH excluding ortho intramolecular Hbond substituents is 1. The molecule has 0 saturated carbocycles. The number of aromatic hydroxyl groups is 1. The SMILES string of the molecule is Br.NC(=O)[C@H](Cc1ccccc1)NC(=O)[C@@H](Cc1ccccc1)NC(=O)[C@@H]1C[C@H](N)CN1C(=O)[C@@H](N)Cc1ccc(O)cc1. The first kappa shape index (κ1) is 34.2. The Kier molecular flexibility index (Phi) is 12.4. The molecule has 3 aromatic carbocycles. The van der Waals surface area contributed by atoms with Crippen LogP contribution in [0.2, 0.25) is 0 Å². The Hall–Kier alpha value is -4.26. The highest BCUT2D eigenvalue weighted by molar-refractivity contribution is 8.93. The Bertz CT molecular complexity index is 1410. The number of likely N-dealkylation sites (tertiary alicyclic amines) is 1. The normalized spacial score (nSPS) is 17.9. The van der Waals surface area contributed by atoms with Gasteiger partial charge in [-0.15, -0.1) is 17.0 Å². The van der Waals surface area contributed by atoms with Crippen LogP contribution in [0.15, 0.2) is 84.9 Å². The number of phenols is 1. The molecular formula is C32H39BrN6O5.